The highest BCUT2D eigenvalue weighted by Crippen LogP contribution is 2.24. The number of ether oxygens (including phenoxy) is 1. The number of nitrogens with zero attached hydrogens (tertiary/aromatic N) is 4. The second-order valence-corrected chi connectivity index (χ2v) is 7.92. The Balaban J connectivity index is 1.44. The van der Waals surface area contributed by atoms with Gasteiger partial charge >= 0.3 is 0 Å². The Morgan fingerprint density at radius 2 is 1.96 bits per heavy atom. The van der Waals surface area contributed by atoms with Crippen LogP contribution in [0.2, 0.25) is 0 Å². The number of hydrogen-bond donors (Lipinski definition) is 1. The van der Waals surface area contributed by atoms with Crippen molar-refractivity contribution in [2.24, 2.45) is 5.92 Å². The topological polar surface area (TPSA) is 54.7 Å². The molecule has 1 N–H and O–H groups in total. The van der Waals surface area contributed by atoms with Crippen LogP contribution in [-0.2, 0) is 4.74 Å². The minimum atomic E-state index is 0.481. The van der Waals surface area contributed by atoms with E-state index in [1.165, 1.54) is 0 Å². The Labute approximate surface area is 157 Å². The summed E-state index contributed by atoms with van der Waals surface area (Å²) in [5, 5.41) is 9.10. The van der Waals surface area contributed by atoms with E-state index in [9.17, 15) is 0 Å². The number of nitrogens with one attached hydrogen (secondary N) is 1. The summed E-state index contributed by atoms with van der Waals surface area (Å²) in [4.78, 5) is 8.14. The number of anilines is 1. The predicted octanol–water partition coefficient (Wildman–Crippen LogP) is 3.23. The summed E-state index contributed by atoms with van der Waals surface area (Å²) in [7, 11) is 0. The molecule has 3 aromatic rings. The standard InChI is InChI=1S/C19H25N5OS/c1-14(2)17(23-8-10-25-11-9-23)12-20-18-22-24-13-16(21-19(24)26-18)15-6-4-3-5-7-15/h3-7,13-14,17H,8-12H2,1-2H3,(H,20,22). The van der Waals surface area contributed by atoms with Crippen LogP contribution in [0.25, 0.3) is 16.2 Å². The highest BCUT2D eigenvalue weighted by atomic mass is 32.1. The second kappa shape index (κ2) is 7.73. The molecule has 7 heteroatoms. The maximum Gasteiger partial charge on any atom is 0.214 e. The maximum atomic E-state index is 5.49. The molecule has 6 nitrogen and oxygen atoms in total. The molecule has 0 amide bonds. The normalized spacial score (nSPS) is 17.0. The number of fused-ring (bicyclic) bond motifs is 1. The first kappa shape index (κ1) is 17.5. The monoisotopic (exact) mass is 371 g/mol. The molecular weight excluding hydrogens is 346 g/mol. The molecule has 1 aromatic carbocycles. The van der Waals surface area contributed by atoms with Gasteiger partial charge < -0.3 is 10.1 Å². The lowest BCUT2D eigenvalue weighted by molar-refractivity contribution is 0.00954. The SMILES string of the molecule is CC(C)C(CNc1nn2cc(-c3ccccc3)nc2s1)N1CCOCC1. The number of hydrogen-bond acceptors (Lipinski definition) is 6. The molecule has 0 saturated carbocycles. The van der Waals surface area contributed by atoms with Crippen LogP contribution in [0.15, 0.2) is 36.5 Å². The molecular formula is C19H25N5OS. The van der Waals surface area contributed by atoms with Gasteiger partial charge in [-0.05, 0) is 5.92 Å². The Morgan fingerprint density at radius 1 is 1.19 bits per heavy atom. The van der Waals surface area contributed by atoms with Crippen LogP contribution in [0.4, 0.5) is 5.13 Å². The maximum absolute atomic E-state index is 5.49. The molecule has 0 aliphatic carbocycles. The van der Waals surface area contributed by atoms with E-state index in [1.54, 1.807) is 11.3 Å². The lowest BCUT2D eigenvalue weighted by Crippen LogP contribution is -2.49. The molecule has 0 radical (unpaired) electrons. The van der Waals surface area contributed by atoms with E-state index < -0.39 is 0 Å². The molecule has 3 heterocycles. The van der Waals surface area contributed by atoms with Crippen LogP contribution in [0.1, 0.15) is 13.8 Å². The molecule has 1 atom stereocenters. The largest absolute Gasteiger partial charge is 0.379 e. The fourth-order valence-corrected chi connectivity index (χ4v) is 4.20. The molecule has 1 aliphatic heterocycles. The molecule has 1 unspecified atom stereocenters. The van der Waals surface area contributed by atoms with Gasteiger partial charge in [0.2, 0.25) is 10.1 Å². The lowest BCUT2D eigenvalue weighted by atomic mass is 10.0. The number of rotatable bonds is 6. The van der Waals surface area contributed by atoms with Gasteiger partial charge in [-0.25, -0.2) is 9.50 Å². The molecule has 2 aromatic heterocycles. The fraction of sp³-hybridized carbons (Fsp3) is 0.474. The molecule has 1 fully saturated rings. The van der Waals surface area contributed by atoms with Crippen molar-refractivity contribution in [2.75, 3.05) is 38.2 Å². The highest BCUT2D eigenvalue weighted by molar-refractivity contribution is 7.20. The molecule has 26 heavy (non-hydrogen) atoms. The smallest absolute Gasteiger partial charge is 0.214 e. The summed E-state index contributed by atoms with van der Waals surface area (Å²) in [6, 6.07) is 10.7. The average Bonchev–Trinajstić information content (AvgIpc) is 3.22. The van der Waals surface area contributed by atoms with Crippen molar-refractivity contribution in [2.45, 2.75) is 19.9 Å². The summed E-state index contributed by atoms with van der Waals surface area (Å²) in [5.41, 5.74) is 2.08. The minimum absolute atomic E-state index is 0.481. The van der Waals surface area contributed by atoms with Crippen molar-refractivity contribution < 1.29 is 4.74 Å². The van der Waals surface area contributed by atoms with E-state index >= 15 is 0 Å². The number of benzene rings is 1. The molecule has 4 rings (SSSR count). The van der Waals surface area contributed by atoms with E-state index in [1.807, 2.05) is 28.9 Å². The Morgan fingerprint density at radius 3 is 2.65 bits per heavy atom. The third-order valence-electron chi connectivity index (χ3n) is 4.86. The molecule has 1 saturated heterocycles. The van der Waals surface area contributed by atoms with Crippen molar-refractivity contribution >= 4 is 21.4 Å². The summed E-state index contributed by atoms with van der Waals surface area (Å²) in [6.07, 6.45) is 1.99. The highest BCUT2D eigenvalue weighted by Gasteiger charge is 2.24. The van der Waals surface area contributed by atoms with Crippen molar-refractivity contribution in [3.63, 3.8) is 0 Å². The van der Waals surface area contributed by atoms with E-state index in [0.717, 1.165) is 54.2 Å². The fourth-order valence-electron chi connectivity index (χ4n) is 3.41. The Kier molecular flexibility index (Phi) is 5.19. The molecule has 0 bridgehead atoms. The van der Waals surface area contributed by atoms with E-state index in [0.29, 0.717) is 12.0 Å². The van der Waals surface area contributed by atoms with Crippen molar-refractivity contribution in [1.29, 1.82) is 0 Å². The first-order valence-electron chi connectivity index (χ1n) is 9.18. The zero-order chi connectivity index (χ0) is 17.9. The molecule has 138 valence electrons. The van der Waals surface area contributed by atoms with Crippen LogP contribution < -0.4 is 5.32 Å². The van der Waals surface area contributed by atoms with Crippen LogP contribution in [0, 0.1) is 5.92 Å². The third-order valence-corrected chi connectivity index (χ3v) is 5.74. The predicted molar refractivity (Wildman–Crippen MR) is 106 cm³/mol. The van der Waals surface area contributed by atoms with Gasteiger partial charge in [-0.1, -0.05) is 55.5 Å². The molecule has 1 aliphatic rings. The van der Waals surface area contributed by atoms with Gasteiger partial charge in [0.25, 0.3) is 0 Å². The first-order chi connectivity index (χ1) is 12.7. The third kappa shape index (κ3) is 3.75. The number of aromatic nitrogens is 3. The van der Waals surface area contributed by atoms with Crippen molar-refractivity contribution in [1.82, 2.24) is 19.5 Å². The van der Waals surface area contributed by atoms with Gasteiger partial charge in [-0.3, -0.25) is 4.90 Å². The zero-order valence-electron chi connectivity index (χ0n) is 15.3. The van der Waals surface area contributed by atoms with Crippen LogP contribution >= 0.6 is 11.3 Å². The average molecular weight is 372 g/mol. The quantitative estimate of drug-likeness (QED) is 0.721. The summed E-state index contributed by atoms with van der Waals surface area (Å²) in [5.74, 6) is 0.578. The lowest BCUT2D eigenvalue weighted by Gasteiger charge is -2.36. The van der Waals surface area contributed by atoms with Crippen molar-refractivity contribution in [3.05, 3.63) is 36.5 Å². The summed E-state index contributed by atoms with van der Waals surface area (Å²) < 4.78 is 7.36. The second-order valence-electron chi connectivity index (χ2n) is 6.97. The van der Waals surface area contributed by atoms with Gasteiger partial charge in [0.05, 0.1) is 25.1 Å². The molecule has 0 spiro atoms. The van der Waals surface area contributed by atoms with Crippen molar-refractivity contribution in [3.8, 4) is 11.3 Å². The van der Waals surface area contributed by atoms with Gasteiger partial charge in [0.1, 0.15) is 0 Å². The minimum Gasteiger partial charge on any atom is -0.379 e. The summed E-state index contributed by atoms with van der Waals surface area (Å²) in [6.45, 7) is 9.12. The van der Waals surface area contributed by atoms with Gasteiger partial charge in [-0.15, -0.1) is 5.10 Å². The van der Waals surface area contributed by atoms with Gasteiger partial charge in [-0.2, -0.15) is 0 Å². The van der Waals surface area contributed by atoms with Crippen LogP contribution in [-0.4, -0.2) is 58.4 Å². The summed E-state index contributed by atoms with van der Waals surface area (Å²) >= 11 is 1.60. The Bertz CT molecular complexity index is 807. The van der Waals surface area contributed by atoms with E-state index in [-0.39, 0.29) is 0 Å². The number of imidazole rings is 1. The number of morpholine rings is 1. The van der Waals surface area contributed by atoms with Crippen LogP contribution in [0.3, 0.4) is 0 Å². The Hall–Kier alpha value is -1.96. The van der Waals surface area contributed by atoms with Gasteiger partial charge in [0.15, 0.2) is 0 Å². The zero-order valence-corrected chi connectivity index (χ0v) is 16.1. The first-order valence-corrected chi connectivity index (χ1v) is 9.99. The van der Waals surface area contributed by atoms with Gasteiger partial charge in [0, 0.05) is 31.2 Å². The van der Waals surface area contributed by atoms with E-state index in [2.05, 4.69) is 41.3 Å². The van der Waals surface area contributed by atoms with E-state index in [4.69, 9.17) is 9.72 Å². The van der Waals surface area contributed by atoms with Crippen LogP contribution in [0.5, 0.6) is 0 Å².